The Balaban J connectivity index is 1.47. The van der Waals surface area contributed by atoms with E-state index >= 15 is 0 Å². The highest BCUT2D eigenvalue weighted by molar-refractivity contribution is 6.32. The van der Waals surface area contributed by atoms with Crippen molar-refractivity contribution in [2.24, 2.45) is 0 Å². The van der Waals surface area contributed by atoms with Gasteiger partial charge in [0.2, 0.25) is 5.95 Å². The Morgan fingerprint density at radius 1 is 0.939 bits per heavy atom. The van der Waals surface area contributed by atoms with E-state index in [1.165, 1.54) is 6.07 Å². The minimum atomic E-state index is -0.885. The second-order valence-electron chi connectivity index (χ2n) is 8.53. The maximum atomic E-state index is 14.0. The number of aromatic nitrogens is 3. The third kappa shape index (κ3) is 4.44. The van der Waals surface area contributed by atoms with Crippen LogP contribution < -0.4 is 14.7 Å². The Hall–Kier alpha value is -3.00. The molecule has 2 aliphatic rings. The normalized spacial score (nSPS) is 18.8. The van der Waals surface area contributed by atoms with Crippen molar-refractivity contribution in [3.63, 3.8) is 0 Å². The van der Waals surface area contributed by atoms with Crippen LogP contribution in [0.4, 0.5) is 26.4 Å². The molecule has 0 spiro atoms. The number of rotatable bonds is 4. The second-order valence-corrected chi connectivity index (χ2v) is 8.94. The summed E-state index contributed by atoms with van der Waals surface area (Å²) in [7, 11) is 0. The van der Waals surface area contributed by atoms with Crippen LogP contribution in [0.3, 0.4) is 0 Å². The molecule has 0 saturated carbocycles. The fourth-order valence-corrected chi connectivity index (χ4v) is 4.77. The first-order valence-electron chi connectivity index (χ1n) is 11.2. The van der Waals surface area contributed by atoms with E-state index < -0.39 is 11.6 Å². The fraction of sp³-hybridized carbons (Fsp3) is 0.375. The molecule has 2 saturated heterocycles. The van der Waals surface area contributed by atoms with Gasteiger partial charge in [-0.1, -0.05) is 11.6 Å². The van der Waals surface area contributed by atoms with Crippen molar-refractivity contribution in [3.8, 4) is 11.3 Å². The summed E-state index contributed by atoms with van der Waals surface area (Å²) in [5.74, 6) is 0.446. The summed E-state index contributed by atoms with van der Waals surface area (Å²) >= 11 is 6.36. The Kier molecular flexibility index (Phi) is 6.01. The van der Waals surface area contributed by atoms with Gasteiger partial charge in [0.1, 0.15) is 11.6 Å². The Bertz CT molecular complexity index is 1150. The number of nitrogens with zero attached hydrogens (tertiary/aromatic N) is 6. The van der Waals surface area contributed by atoms with Crippen LogP contribution in [0.25, 0.3) is 11.3 Å². The van der Waals surface area contributed by atoms with Crippen molar-refractivity contribution >= 4 is 29.2 Å². The lowest BCUT2D eigenvalue weighted by atomic mass is 10.1. The zero-order valence-corrected chi connectivity index (χ0v) is 19.1. The van der Waals surface area contributed by atoms with Gasteiger partial charge >= 0.3 is 0 Å². The molecule has 0 aliphatic carbocycles. The van der Waals surface area contributed by atoms with Crippen molar-refractivity contribution in [1.29, 1.82) is 0 Å². The molecule has 0 bridgehead atoms. The lowest BCUT2D eigenvalue weighted by molar-refractivity contribution is 0.509. The predicted octanol–water partition coefficient (Wildman–Crippen LogP) is 4.79. The van der Waals surface area contributed by atoms with Gasteiger partial charge in [-0.05, 0) is 50.1 Å². The van der Waals surface area contributed by atoms with E-state index in [4.69, 9.17) is 21.6 Å². The van der Waals surface area contributed by atoms with E-state index in [0.717, 1.165) is 63.3 Å². The van der Waals surface area contributed by atoms with E-state index in [-0.39, 0.29) is 6.04 Å². The van der Waals surface area contributed by atoms with Gasteiger partial charge in [0.05, 0.1) is 10.7 Å². The van der Waals surface area contributed by atoms with Crippen molar-refractivity contribution in [2.45, 2.75) is 25.8 Å². The molecule has 0 N–H and O–H groups in total. The standard InChI is InChI=1S/C24H25ClF2N6/c1-16-15-32(23-18(25)5-4-8-28-23)11-12-33(16)22-14-21(17-6-7-19(26)20(27)13-17)29-24(30-22)31-9-2-3-10-31/h4-8,13-14,16H,2-3,9-12,15H2,1H3. The largest absolute Gasteiger partial charge is 0.352 e. The lowest BCUT2D eigenvalue weighted by Crippen LogP contribution is -2.52. The Morgan fingerprint density at radius 2 is 1.76 bits per heavy atom. The van der Waals surface area contributed by atoms with Crippen LogP contribution in [0.1, 0.15) is 19.8 Å². The fourth-order valence-electron chi connectivity index (χ4n) is 4.53. The molecule has 2 aliphatic heterocycles. The highest BCUT2D eigenvalue weighted by Crippen LogP contribution is 2.31. The van der Waals surface area contributed by atoms with E-state index in [0.29, 0.717) is 22.2 Å². The van der Waals surface area contributed by atoms with Gasteiger partial charge in [-0.15, -0.1) is 0 Å². The first-order chi connectivity index (χ1) is 16.0. The highest BCUT2D eigenvalue weighted by Gasteiger charge is 2.28. The molecule has 2 aromatic heterocycles. The monoisotopic (exact) mass is 470 g/mol. The Labute approximate surface area is 196 Å². The van der Waals surface area contributed by atoms with E-state index in [1.54, 1.807) is 12.3 Å². The van der Waals surface area contributed by atoms with Crippen LogP contribution in [-0.4, -0.2) is 53.7 Å². The Morgan fingerprint density at radius 3 is 2.48 bits per heavy atom. The summed E-state index contributed by atoms with van der Waals surface area (Å²) in [6, 6.07) is 9.57. The first kappa shape index (κ1) is 21.8. The molecule has 5 rings (SSSR count). The molecule has 4 heterocycles. The van der Waals surface area contributed by atoms with Gasteiger partial charge in [0.25, 0.3) is 0 Å². The molecule has 0 amide bonds. The third-order valence-electron chi connectivity index (χ3n) is 6.27. The molecule has 172 valence electrons. The summed E-state index contributed by atoms with van der Waals surface area (Å²) in [5, 5.41) is 0.636. The summed E-state index contributed by atoms with van der Waals surface area (Å²) in [6.07, 6.45) is 3.93. The second kappa shape index (κ2) is 9.09. The van der Waals surface area contributed by atoms with Crippen LogP contribution in [0.15, 0.2) is 42.6 Å². The van der Waals surface area contributed by atoms with Gasteiger partial charge in [-0.3, -0.25) is 0 Å². The SMILES string of the molecule is CC1CN(c2ncccc2Cl)CCN1c1cc(-c2ccc(F)c(F)c2)nc(N2CCCC2)n1. The average Bonchev–Trinajstić information content (AvgIpc) is 3.36. The minimum absolute atomic E-state index is 0.135. The van der Waals surface area contributed by atoms with Crippen LogP contribution in [0.2, 0.25) is 5.02 Å². The molecular weight excluding hydrogens is 446 g/mol. The van der Waals surface area contributed by atoms with E-state index in [1.807, 2.05) is 18.2 Å². The van der Waals surface area contributed by atoms with E-state index in [9.17, 15) is 8.78 Å². The van der Waals surface area contributed by atoms with Crippen molar-refractivity contribution in [1.82, 2.24) is 15.0 Å². The molecule has 6 nitrogen and oxygen atoms in total. The summed E-state index contributed by atoms with van der Waals surface area (Å²) < 4.78 is 27.5. The number of anilines is 3. The number of benzene rings is 1. The molecule has 33 heavy (non-hydrogen) atoms. The van der Waals surface area contributed by atoms with Crippen molar-refractivity contribution < 1.29 is 8.78 Å². The number of pyridine rings is 1. The molecule has 1 atom stereocenters. The zero-order valence-electron chi connectivity index (χ0n) is 18.4. The quantitative estimate of drug-likeness (QED) is 0.546. The molecule has 0 radical (unpaired) electrons. The van der Waals surface area contributed by atoms with E-state index in [2.05, 4.69) is 26.6 Å². The van der Waals surface area contributed by atoms with Gasteiger partial charge in [-0.25, -0.2) is 18.7 Å². The number of halogens is 3. The topological polar surface area (TPSA) is 48.4 Å². The smallest absolute Gasteiger partial charge is 0.227 e. The van der Waals surface area contributed by atoms with Gasteiger partial charge in [0.15, 0.2) is 11.6 Å². The maximum absolute atomic E-state index is 14.0. The highest BCUT2D eigenvalue weighted by atomic mass is 35.5. The summed E-state index contributed by atoms with van der Waals surface area (Å²) in [4.78, 5) is 20.6. The lowest BCUT2D eigenvalue weighted by Gasteiger charge is -2.41. The predicted molar refractivity (Wildman–Crippen MR) is 127 cm³/mol. The average molecular weight is 471 g/mol. The molecule has 9 heteroatoms. The van der Waals surface area contributed by atoms with Crippen LogP contribution in [-0.2, 0) is 0 Å². The van der Waals surface area contributed by atoms with Gasteiger partial charge < -0.3 is 14.7 Å². The van der Waals surface area contributed by atoms with Crippen LogP contribution in [0.5, 0.6) is 0 Å². The zero-order chi connectivity index (χ0) is 22.9. The molecule has 3 aromatic rings. The molecular formula is C24H25ClF2N6. The summed E-state index contributed by atoms with van der Waals surface area (Å²) in [5.41, 5.74) is 1.12. The van der Waals surface area contributed by atoms with Gasteiger partial charge in [0, 0.05) is 56.6 Å². The molecule has 1 aromatic carbocycles. The summed E-state index contributed by atoms with van der Waals surface area (Å²) in [6.45, 7) is 6.12. The van der Waals surface area contributed by atoms with Crippen LogP contribution in [0, 0.1) is 11.6 Å². The molecule has 1 unspecified atom stereocenters. The maximum Gasteiger partial charge on any atom is 0.227 e. The third-order valence-corrected chi connectivity index (χ3v) is 6.56. The number of hydrogen-bond donors (Lipinski definition) is 0. The van der Waals surface area contributed by atoms with Crippen molar-refractivity contribution in [2.75, 3.05) is 47.4 Å². The van der Waals surface area contributed by atoms with Crippen molar-refractivity contribution in [3.05, 3.63) is 59.3 Å². The number of piperazine rings is 1. The van der Waals surface area contributed by atoms with Crippen LogP contribution >= 0.6 is 11.6 Å². The van der Waals surface area contributed by atoms with Gasteiger partial charge in [-0.2, -0.15) is 4.98 Å². The molecule has 2 fully saturated rings. The number of hydrogen-bond acceptors (Lipinski definition) is 6. The first-order valence-corrected chi connectivity index (χ1v) is 11.6. The minimum Gasteiger partial charge on any atom is -0.352 e.